The number of carbonyl (C=O) groups excluding carboxylic acids is 1. The molecule has 0 spiro atoms. The summed E-state index contributed by atoms with van der Waals surface area (Å²) in [6.07, 6.45) is 1.37. The molecule has 4 nitrogen and oxygen atoms in total. The predicted octanol–water partition coefficient (Wildman–Crippen LogP) is 5.86. The Bertz CT molecular complexity index is 1140. The summed E-state index contributed by atoms with van der Waals surface area (Å²) >= 11 is 0. The van der Waals surface area contributed by atoms with Gasteiger partial charge < -0.3 is 9.88 Å². The normalized spacial score (nSPS) is 23.9. The lowest BCUT2D eigenvalue weighted by Gasteiger charge is -2.46. The zero-order chi connectivity index (χ0) is 21.9. The van der Waals surface area contributed by atoms with Crippen molar-refractivity contribution in [3.05, 3.63) is 59.4 Å². The number of halogens is 4. The smallest absolute Gasteiger partial charge is 0.248 e. The number of carbonyl (C=O) groups is 1. The number of β-lactam (4-membered cyclic amide) rings is 1. The number of benzene rings is 2. The fourth-order valence-electron chi connectivity index (χ4n) is 4.87. The molecule has 0 bridgehead atoms. The largest absolute Gasteiger partial charge is 0.345 e. The Morgan fingerprint density at radius 2 is 1.77 bits per heavy atom. The summed E-state index contributed by atoms with van der Waals surface area (Å²) in [4.78, 5) is 21.1. The Labute approximate surface area is 176 Å². The number of amides is 1. The average molecular weight is 431 g/mol. The molecule has 1 N–H and O–H groups in total. The first-order valence-electron chi connectivity index (χ1n) is 10.4. The third-order valence-electron chi connectivity index (χ3n) is 6.65. The van der Waals surface area contributed by atoms with Crippen LogP contribution >= 0.6 is 0 Å². The molecule has 2 aromatic carbocycles. The third kappa shape index (κ3) is 3.28. The number of alkyl halides is 2. The molecular formula is C23H21F4N3O. The van der Waals surface area contributed by atoms with Gasteiger partial charge in [0.15, 0.2) is 0 Å². The number of aromatic nitrogens is 2. The van der Waals surface area contributed by atoms with E-state index in [9.17, 15) is 13.6 Å². The van der Waals surface area contributed by atoms with Crippen LogP contribution in [0.25, 0.3) is 11.0 Å². The van der Waals surface area contributed by atoms with E-state index in [0.29, 0.717) is 16.8 Å². The molecule has 1 saturated carbocycles. The van der Waals surface area contributed by atoms with Crippen molar-refractivity contribution < 1.29 is 22.4 Å². The van der Waals surface area contributed by atoms with Gasteiger partial charge >= 0.3 is 0 Å². The number of hydrogen-bond acceptors (Lipinski definition) is 2. The van der Waals surface area contributed by atoms with Crippen LogP contribution in [0.5, 0.6) is 0 Å². The van der Waals surface area contributed by atoms with Crippen LogP contribution in [0.15, 0.2) is 36.7 Å². The van der Waals surface area contributed by atoms with Gasteiger partial charge in [-0.25, -0.2) is 22.5 Å². The van der Waals surface area contributed by atoms with Crippen LogP contribution < -0.4 is 4.90 Å². The average Bonchev–Trinajstić information content (AvgIpc) is 3.20. The molecule has 0 radical (unpaired) electrons. The number of H-pyrrole nitrogens is 1. The molecule has 1 aliphatic carbocycles. The summed E-state index contributed by atoms with van der Waals surface area (Å²) in [7, 11) is 0. The summed E-state index contributed by atoms with van der Waals surface area (Å²) < 4.78 is 57.2. The van der Waals surface area contributed by atoms with Crippen LogP contribution in [0.1, 0.15) is 55.7 Å². The van der Waals surface area contributed by atoms with Crippen molar-refractivity contribution in [1.29, 1.82) is 0 Å². The molecule has 5 rings (SSSR count). The summed E-state index contributed by atoms with van der Waals surface area (Å²) in [5, 5.41) is 0. The van der Waals surface area contributed by atoms with Crippen molar-refractivity contribution in [3.63, 3.8) is 0 Å². The van der Waals surface area contributed by atoms with E-state index in [-0.39, 0.29) is 43.1 Å². The molecule has 1 aromatic heterocycles. The van der Waals surface area contributed by atoms with E-state index < -0.39 is 29.5 Å². The molecule has 2 atom stereocenters. The van der Waals surface area contributed by atoms with Gasteiger partial charge in [0.05, 0.1) is 29.3 Å². The number of aromatic amines is 1. The number of rotatable bonds is 3. The fourth-order valence-corrected chi connectivity index (χ4v) is 4.87. The van der Waals surface area contributed by atoms with Crippen molar-refractivity contribution >= 4 is 22.6 Å². The molecule has 1 saturated heterocycles. The van der Waals surface area contributed by atoms with Crippen LogP contribution in [0.3, 0.4) is 0 Å². The summed E-state index contributed by atoms with van der Waals surface area (Å²) in [5.41, 5.74) is 2.21. The first kappa shape index (κ1) is 20.0. The molecule has 8 heteroatoms. The van der Waals surface area contributed by atoms with Crippen molar-refractivity contribution in [1.82, 2.24) is 9.97 Å². The molecule has 2 fully saturated rings. The maximum atomic E-state index is 15.1. The Kier molecular flexibility index (Phi) is 4.57. The highest BCUT2D eigenvalue weighted by Crippen LogP contribution is 2.47. The van der Waals surface area contributed by atoms with E-state index in [4.69, 9.17) is 0 Å². The van der Waals surface area contributed by atoms with Crippen molar-refractivity contribution in [2.75, 3.05) is 4.90 Å². The van der Waals surface area contributed by atoms with E-state index in [0.717, 1.165) is 5.52 Å². The van der Waals surface area contributed by atoms with Crippen LogP contribution in [0.2, 0.25) is 0 Å². The Balaban J connectivity index is 1.47. The van der Waals surface area contributed by atoms with Crippen LogP contribution in [-0.2, 0) is 4.79 Å². The quantitative estimate of drug-likeness (QED) is 0.417. The molecule has 2 unspecified atom stereocenters. The van der Waals surface area contributed by atoms with Crippen molar-refractivity contribution in [2.45, 2.75) is 50.5 Å². The number of fused-ring (bicyclic) bond motifs is 1. The number of imidazole rings is 1. The number of anilines is 1. The highest BCUT2D eigenvalue weighted by atomic mass is 19.3. The summed E-state index contributed by atoms with van der Waals surface area (Å²) in [5.74, 6) is -5.29. The molecule has 2 heterocycles. The van der Waals surface area contributed by atoms with Gasteiger partial charge in [-0.2, -0.15) is 0 Å². The predicted molar refractivity (Wildman–Crippen MR) is 108 cm³/mol. The zero-order valence-corrected chi connectivity index (χ0v) is 16.8. The van der Waals surface area contributed by atoms with Crippen LogP contribution in [-0.4, -0.2) is 21.8 Å². The highest BCUT2D eigenvalue weighted by Gasteiger charge is 2.48. The molecule has 31 heavy (non-hydrogen) atoms. The standard InChI is InChI=1S/C23H21F4N3O/c1-12-21(30(22(12)31)15-2-3-18-19(10-15)29-11-28-18)20-16(24)8-14(9-17(20)25)13-4-6-23(26,27)7-5-13/h2-3,8-13,21H,4-7H2,1H3,(H,28,29). The number of nitrogens with zero attached hydrogens (tertiary/aromatic N) is 2. The minimum atomic E-state index is -2.70. The second-order valence-electron chi connectivity index (χ2n) is 8.57. The Morgan fingerprint density at radius 3 is 2.45 bits per heavy atom. The van der Waals surface area contributed by atoms with Gasteiger partial charge in [0.25, 0.3) is 0 Å². The van der Waals surface area contributed by atoms with Gasteiger partial charge in [0, 0.05) is 24.1 Å². The lowest BCUT2D eigenvalue weighted by Crippen LogP contribution is -2.54. The summed E-state index contributed by atoms with van der Waals surface area (Å²) in [6, 6.07) is 6.88. The Morgan fingerprint density at radius 1 is 1.10 bits per heavy atom. The van der Waals surface area contributed by atoms with Crippen LogP contribution in [0.4, 0.5) is 23.2 Å². The maximum Gasteiger partial charge on any atom is 0.248 e. The van der Waals surface area contributed by atoms with Crippen molar-refractivity contribution in [2.24, 2.45) is 5.92 Å². The lowest BCUT2D eigenvalue weighted by atomic mass is 9.79. The first-order valence-corrected chi connectivity index (χ1v) is 10.4. The molecule has 2 aliphatic rings. The fraction of sp³-hybridized carbons (Fsp3) is 0.391. The highest BCUT2D eigenvalue weighted by molar-refractivity contribution is 6.04. The van der Waals surface area contributed by atoms with Gasteiger partial charge in [-0.05, 0) is 54.7 Å². The second-order valence-corrected chi connectivity index (χ2v) is 8.57. The minimum Gasteiger partial charge on any atom is -0.345 e. The van der Waals surface area contributed by atoms with Gasteiger partial charge in [-0.15, -0.1) is 0 Å². The zero-order valence-electron chi connectivity index (χ0n) is 16.8. The molecule has 1 aliphatic heterocycles. The SMILES string of the molecule is CC1C(=O)N(c2ccc3nc[nH]c3c2)C1c1c(F)cc(C2CCC(F)(F)CC2)cc1F. The van der Waals surface area contributed by atoms with E-state index in [1.54, 1.807) is 25.1 Å². The minimum absolute atomic E-state index is 0.165. The first-order chi connectivity index (χ1) is 14.7. The molecule has 162 valence electrons. The summed E-state index contributed by atoms with van der Waals surface area (Å²) in [6.45, 7) is 1.65. The topological polar surface area (TPSA) is 49.0 Å². The molecular weight excluding hydrogens is 410 g/mol. The third-order valence-corrected chi connectivity index (χ3v) is 6.65. The van der Waals surface area contributed by atoms with Gasteiger partial charge in [0.1, 0.15) is 11.6 Å². The molecule has 3 aromatic rings. The number of hydrogen-bond donors (Lipinski definition) is 1. The van der Waals surface area contributed by atoms with Crippen molar-refractivity contribution in [3.8, 4) is 0 Å². The van der Waals surface area contributed by atoms with E-state index in [2.05, 4.69) is 9.97 Å². The van der Waals surface area contributed by atoms with E-state index in [1.807, 2.05) is 0 Å². The number of nitrogens with one attached hydrogen (secondary N) is 1. The maximum absolute atomic E-state index is 15.1. The second kappa shape index (κ2) is 7.07. The van der Waals surface area contributed by atoms with Gasteiger partial charge in [-0.1, -0.05) is 6.92 Å². The monoisotopic (exact) mass is 431 g/mol. The van der Waals surface area contributed by atoms with Gasteiger partial charge in [0.2, 0.25) is 11.8 Å². The van der Waals surface area contributed by atoms with Crippen LogP contribution in [0, 0.1) is 17.6 Å². The lowest BCUT2D eigenvalue weighted by molar-refractivity contribution is -0.129. The Hall–Kier alpha value is -2.90. The van der Waals surface area contributed by atoms with E-state index in [1.165, 1.54) is 23.4 Å². The van der Waals surface area contributed by atoms with Gasteiger partial charge in [-0.3, -0.25) is 4.79 Å². The molecule has 1 amide bonds. The van der Waals surface area contributed by atoms with E-state index >= 15 is 8.78 Å².